The van der Waals surface area contributed by atoms with Crippen LogP contribution in [0.4, 0.5) is 5.82 Å². The Morgan fingerprint density at radius 2 is 2.19 bits per heavy atom. The summed E-state index contributed by atoms with van der Waals surface area (Å²) in [5.74, 6) is 0.798. The van der Waals surface area contributed by atoms with E-state index in [-0.39, 0.29) is 0 Å². The Bertz CT molecular complexity index is 349. The highest BCUT2D eigenvalue weighted by atomic mass is 79.9. The monoisotopic (exact) mass is 307 g/mol. The van der Waals surface area contributed by atoms with Crippen LogP contribution < -0.4 is 4.90 Å². The second-order valence-corrected chi connectivity index (χ2v) is 4.73. The van der Waals surface area contributed by atoms with Crippen LogP contribution in [0.1, 0.15) is 13.8 Å². The lowest BCUT2D eigenvalue weighted by molar-refractivity contribution is 0.203. The molecular weight excluding hydrogens is 293 g/mol. The van der Waals surface area contributed by atoms with E-state index < -0.39 is 0 Å². The number of rotatable bonds is 5. The summed E-state index contributed by atoms with van der Waals surface area (Å²) in [7, 11) is 1.68. The molecule has 0 fully saturated rings. The van der Waals surface area contributed by atoms with Gasteiger partial charge in [0.25, 0.3) is 0 Å². The lowest BCUT2D eigenvalue weighted by atomic mass is 10.3. The predicted molar refractivity (Wildman–Crippen MR) is 69.1 cm³/mol. The minimum Gasteiger partial charge on any atom is -0.383 e. The van der Waals surface area contributed by atoms with E-state index in [1.807, 2.05) is 0 Å². The summed E-state index contributed by atoms with van der Waals surface area (Å²) < 4.78 is 5.80. The average molecular weight is 309 g/mol. The molecule has 0 amide bonds. The van der Waals surface area contributed by atoms with Gasteiger partial charge < -0.3 is 9.64 Å². The first-order valence-electron chi connectivity index (χ1n) is 4.99. The first kappa shape index (κ1) is 13.7. The van der Waals surface area contributed by atoms with Crippen molar-refractivity contribution in [1.29, 1.82) is 0 Å². The van der Waals surface area contributed by atoms with Crippen molar-refractivity contribution in [3.8, 4) is 0 Å². The Morgan fingerprint density at radius 1 is 1.50 bits per heavy atom. The number of anilines is 1. The fourth-order valence-corrected chi connectivity index (χ4v) is 1.90. The normalized spacial score (nSPS) is 10.9. The first-order chi connectivity index (χ1) is 7.57. The van der Waals surface area contributed by atoms with Gasteiger partial charge in [-0.15, -0.1) is 0 Å². The molecule has 0 aromatic carbocycles. The van der Waals surface area contributed by atoms with Gasteiger partial charge in [-0.2, -0.15) is 0 Å². The SMILES string of the molecule is COCCN(c1ncnc(Cl)c1Br)C(C)C. The lowest BCUT2D eigenvalue weighted by Gasteiger charge is -2.28. The predicted octanol–water partition coefficient (Wildman–Crippen LogP) is 2.75. The van der Waals surface area contributed by atoms with E-state index in [0.29, 0.717) is 17.8 Å². The van der Waals surface area contributed by atoms with E-state index in [9.17, 15) is 0 Å². The number of ether oxygens (including phenoxy) is 1. The van der Waals surface area contributed by atoms with E-state index in [4.69, 9.17) is 16.3 Å². The summed E-state index contributed by atoms with van der Waals surface area (Å²) in [6, 6.07) is 0.317. The molecule has 0 spiro atoms. The summed E-state index contributed by atoms with van der Waals surface area (Å²) >= 11 is 9.34. The third-order valence-electron chi connectivity index (χ3n) is 2.16. The summed E-state index contributed by atoms with van der Waals surface area (Å²) in [6.45, 7) is 5.60. The van der Waals surface area contributed by atoms with Crippen molar-refractivity contribution in [2.75, 3.05) is 25.2 Å². The molecule has 16 heavy (non-hydrogen) atoms. The van der Waals surface area contributed by atoms with Crippen LogP contribution in [0.5, 0.6) is 0 Å². The van der Waals surface area contributed by atoms with E-state index in [1.54, 1.807) is 7.11 Å². The Morgan fingerprint density at radius 3 is 2.75 bits per heavy atom. The molecule has 1 heterocycles. The van der Waals surface area contributed by atoms with Crippen LogP contribution in [0.15, 0.2) is 10.8 Å². The standard InChI is InChI=1S/C10H15BrClN3O/c1-7(2)15(4-5-16-3)10-8(11)9(12)13-6-14-10/h6-7H,4-5H2,1-3H3. The van der Waals surface area contributed by atoms with E-state index in [0.717, 1.165) is 16.8 Å². The van der Waals surface area contributed by atoms with Crippen LogP contribution in [0.2, 0.25) is 5.15 Å². The zero-order chi connectivity index (χ0) is 12.1. The molecule has 1 aromatic rings. The molecule has 0 aliphatic heterocycles. The maximum Gasteiger partial charge on any atom is 0.148 e. The van der Waals surface area contributed by atoms with Crippen molar-refractivity contribution in [3.63, 3.8) is 0 Å². The second kappa shape index (κ2) is 6.37. The van der Waals surface area contributed by atoms with Gasteiger partial charge in [0.05, 0.1) is 11.1 Å². The molecule has 0 saturated heterocycles. The van der Waals surface area contributed by atoms with Crippen molar-refractivity contribution in [1.82, 2.24) is 9.97 Å². The van der Waals surface area contributed by atoms with Crippen molar-refractivity contribution in [3.05, 3.63) is 16.0 Å². The van der Waals surface area contributed by atoms with Gasteiger partial charge in [0, 0.05) is 19.7 Å². The Labute approximate surface area is 109 Å². The van der Waals surface area contributed by atoms with Crippen molar-refractivity contribution in [2.24, 2.45) is 0 Å². The van der Waals surface area contributed by atoms with Crippen LogP contribution in [0.25, 0.3) is 0 Å². The number of nitrogens with zero attached hydrogens (tertiary/aromatic N) is 3. The summed E-state index contributed by atoms with van der Waals surface area (Å²) in [5.41, 5.74) is 0. The van der Waals surface area contributed by atoms with Gasteiger partial charge in [-0.1, -0.05) is 11.6 Å². The second-order valence-electron chi connectivity index (χ2n) is 3.58. The molecule has 0 radical (unpaired) electrons. The van der Waals surface area contributed by atoms with Gasteiger partial charge in [0.2, 0.25) is 0 Å². The zero-order valence-corrected chi connectivity index (χ0v) is 11.9. The molecule has 0 atom stereocenters. The highest BCUT2D eigenvalue weighted by Gasteiger charge is 2.16. The molecule has 0 aliphatic carbocycles. The Balaban J connectivity index is 2.96. The van der Waals surface area contributed by atoms with Crippen molar-refractivity contribution < 1.29 is 4.74 Å². The van der Waals surface area contributed by atoms with E-state index in [1.165, 1.54) is 6.33 Å². The zero-order valence-electron chi connectivity index (χ0n) is 9.57. The van der Waals surface area contributed by atoms with E-state index >= 15 is 0 Å². The van der Waals surface area contributed by atoms with Gasteiger partial charge >= 0.3 is 0 Å². The summed E-state index contributed by atoms with van der Waals surface area (Å²) in [6.07, 6.45) is 1.46. The third-order valence-corrected chi connectivity index (χ3v) is 3.41. The fourth-order valence-electron chi connectivity index (χ4n) is 1.34. The van der Waals surface area contributed by atoms with Crippen LogP contribution in [0.3, 0.4) is 0 Å². The van der Waals surface area contributed by atoms with Crippen LogP contribution in [-0.4, -0.2) is 36.3 Å². The maximum absolute atomic E-state index is 5.94. The molecule has 6 heteroatoms. The van der Waals surface area contributed by atoms with Gasteiger partial charge in [0.1, 0.15) is 17.3 Å². The molecule has 1 rings (SSSR count). The lowest BCUT2D eigenvalue weighted by Crippen LogP contribution is -2.34. The minimum atomic E-state index is 0.317. The fraction of sp³-hybridized carbons (Fsp3) is 0.600. The number of hydrogen-bond donors (Lipinski definition) is 0. The largest absolute Gasteiger partial charge is 0.383 e. The molecule has 0 aliphatic rings. The molecule has 0 unspecified atom stereocenters. The van der Waals surface area contributed by atoms with Crippen LogP contribution in [-0.2, 0) is 4.74 Å². The van der Waals surface area contributed by atoms with E-state index in [2.05, 4.69) is 44.6 Å². The molecular formula is C10H15BrClN3O. The first-order valence-corrected chi connectivity index (χ1v) is 6.16. The topological polar surface area (TPSA) is 38.2 Å². The number of methoxy groups -OCH3 is 1. The Kier molecular flexibility index (Phi) is 5.44. The third kappa shape index (κ3) is 3.30. The molecule has 0 saturated carbocycles. The molecule has 0 bridgehead atoms. The maximum atomic E-state index is 5.94. The van der Waals surface area contributed by atoms with Gasteiger partial charge in [-0.3, -0.25) is 0 Å². The number of aromatic nitrogens is 2. The molecule has 4 nitrogen and oxygen atoms in total. The molecule has 90 valence electrons. The number of hydrogen-bond acceptors (Lipinski definition) is 4. The Hall–Kier alpha value is -0.390. The van der Waals surface area contributed by atoms with Gasteiger partial charge in [-0.25, -0.2) is 9.97 Å². The van der Waals surface area contributed by atoms with Crippen molar-refractivity contribution in [2.45, 2.75) is 19.9 Å². The smallest absolute Gasteiger partial charge is 0.148 e. The minimum absolute atomic E-state index is 0.317. The quantitative estimate of drug-likeness (QED) is 0.784. The van der Waals surface area contributed by atoms with Crippen LogP contribution >= 0.6 is 27.5 Å². The van der Waals surface area contributed by atoms with Gasteiger partial charge in [-0.05, 0) is 29.8 Å². The number of halogens is 2. The van der Waals surface area contributed by atoms with Crippen molar-refractivity contribution >= 4 is 33.3 Å². The summed E-state index contributed by atoms with van der Waals surface area (Å²) in [4.78, 5) is 10.3. The highest BCUT2D eigenvalue weighted by Crippen LogP contribution is 2.29. The van der Waals surface area contributed by atoms with Crippen LogP contribution in [0, 0.1) is 0 Å². The molecule has 1 aromatic heterocycles. The summed E-state index contributed by atoms with van der Waals surface area (Å²) in [5, 5.41) is 0.424. The van der Waals surface area contributed by atoms with Gasteiger partial charge in [0.15, 0.2) is 0 Å². The average Bonchev–Trinajstić information content (AvgIpc) is 2.24. The molecule has 0 N–H and O–H groups in total. The highest BCUT2D eigenvalue weighted by molar-refractivity contribution is 9.10.